The fraction of sp³-hybridized carbons (Fsp3) is 0.750. The van der Waals surface area contributed by atoms with Crippen LogP contribution >= 0.6 is 0 Å². The van der Waals surface area contributed by atoms with Gasteiger partial charge in [0.1, 0.15) is 0 Å². The van der Waals surface area contributed by atoms with E-state index in [1.54, 1.807) is 0 Å². The first-order valence-electron chi connectivity index (χ1n) is 6.78. The molecule has 0 amide bonds. The van der Waals surface area contributed by atoms with Crippen LogP contribution in [0.5, 0.6) is 6.01 Å². The van der Waals surface area contributed by atoms with Crippen molar-refractivity contribution in [1.29, 1.82) is 0 Å². The third-order valence-corrected chi connectivity index (χ3v) is 3.01. The van der Waals surface area contributed by atoms with Crippen LogP contribution in [0.15, 0.2) is 0 Å². The van der Waals surface area contributed by atoms with Gasteiger partial charge < -0.3 is 14.8 Å². The van der Waals surface area contributed by atoms with E-state index in [2.05, 4.69) is 32.6 Å². The summed E-state index contributed by atoms with van der Waals surface area (Å²) in [6.45, 7) is 7.30. The van der Waals surface area contributed by atoms with E-state index in [0.29, 0.717) is 12.5 Å². The van der Waals surface area contributed by atoms with E-state index in [1.165, 1.54) is 0 Å². The minimum atomic E-state index is -0.179. The third kappa shape index (κ3) is 3.91. The lowest BCUT2D eigenvalue weighted by atomic mass is 10.0. The van der Waals surface area contributed by atoms with Gasteiger partial charge in [0, 0.05) is 13.2 Å². The number of hydrogen-bond acceptors (Lipinski definition) is 8. The Balaban J connectivity index is 2.05. The van der Waals surface area contributed by atoms with Gasteiger partial charge in [-0.15, -0.1) is 0 Å². The highest BCUT2D eigenvalue weighted by atomic mass is 16.5. The average molecular weight is 282 g/mol. The van der Waals surface area contributed by atoms with Gasteiger partial charge in [-0.3, -0.25) is 5.43 Å². The Morgan fingerprint density at radius 1 is 1.35 bits per heavy atom. The van der Waals surface area contributed by atoms with E-state index < -0.39 is 0 Å². The van der Waals surface area contributed by atoms with E-state index in [9.17, 15) is 0 Å². The maximum Gasteiger partial charge on any atom is 0.323 e. The molecule has 1 aromatic heterocycles. The Morgan fingerprint density at radius 3 is 2.70 bits per heavy atom. The molecule has 0 aromatic carbocycles. The van der Waals surface area contributed by atoms with Gasteiger partial charge in [0.05, 0.1) is 11.7 Å². The Kier molecular flexibility index (Phi) is 4.56. The number of hydrogen-bond donors (Lipinski definition) is 3. The first-order valence-corrected chi connectivity index (χ1v) is 6.78. The van der Waals surface area contributed by atoms with E-state index in [-0.39, 0.29) is 23.7 Å². The molecule has 0 bridgehead atoms. The molecule has 1 unspecified atom stereocenters. The Hall–Kier alpha value is -1.67. The maximum atomic E-state index is 5.71. The topological polar surface area (TPSA) is 107 Å². The minimum Gasteiger partial charge on any atom is -0.461 e. The molecule has 1 fully saturated rings. The molecule has 4 N–H and O–H groups in total. The lowest BCUT2D eigenvalue weighted by molar-refractivity contribution is 0.0314. The lowest BCUT2D eigenvalue weighted by Crippen LogP contribution is -2.33. The molecule has 0 saturated carbocycles. The molecule has 1 atom stereocenters. The number of ether oxygens (including phenoxy) is 2. The molecule has 2 heterocycles. The summed E-state index contributed by atoms with van der Waals surface area (Å²) in [7, 11) is 0. The number of nitrogens with two attached hydrogens (primary N) is 1. The molecular formula is C12H22N6O2. The monoisotopic (exact) mass is 282 g/mol. The zero-order chi connectivity index (χ0) is 14.6. The van der Waals surface area contributed by atoms with Crippen molar-refractivity contribution < 1.29 is 9.47 Å². The highest BCUT2D eigenvalue weighted by Gasteiger charge is 2.29. The summed E-state index contributed by atoms with van der Waals surface area (Å²) < 4.78 is 11.2. The first-order chi connectivity index (χ1) is 9.50. The van der Waals surface area contributed by atoms with E-state index in [0.717, 1.165) is 19.4 Å². The van der Waals surface area contributed by atoms with E-state index >= 15 is 0 Å². The second kappa shape index (κ2) is 6.19. The SMILES string of the molecule is CC(C)Oc1nc(NN)nc(NCC2(C)CCCO2)n1. The van der Waals surface area contributed by atoms with Gasteiger partial charge in [0.25, 0.3) is 0 Å². The first kappa shape index (κ1) is 14.7. The number of nitrogens with one attached hydrogen (secondary N) is 2. The van der Waals surface area contributed by atoms with Gasteiger partial charge in [-0.2, -0.15) is 15.0 Å². The number of nitrogens with zero attached hydrogens (tertiary/aromatic N) is 3. The highest BCUT2D eigenvalue weighted by Crippen LogP contribution is 2.25. The van der Waals surface area contributed by atoms with Crippen LogP contribution in [0.4, 0.5) is 11.9 Å². The van der Waals surface area contributed by atoms with E-state index in [4.69, 9.17) is 15.3 Å². The van der Waals surface area contributed by atoms with Crippen molar-refractivity contribution in [3.63, 3.8) is 0 Å². The molecule has 1 saturated heterocycles. The normalized spacial score (nSPS) is 22.1. The van der Waals surface area contributed by atoms with Gasteiger partial charge in [0.2, 0.25) is 11.9 Å². The summed E-state index contributed by atoms with van der Waals surface area (Å²) in [6, 6.07) is 0.239. The smallest absolute Gasteiger partial charge is 0.323 e. The molecule has 8 nitrogen and oxygen atoms in total. The van der Waals surface area contributed by atoms with Gasteiger partial charge in [0.15, 0.2) is 0 Å². The Morgan fingerprint density at radius 2 is 2.10 bits per heavy atom. The molecule has 1 aliphatic heterocycles. The molecule has 0 spiro atoms. The van der Waals surface area contributed by atoms with Crippen molar-refractivity contribution in [2.75, 3.05) is 23.9 Å². The molecular weight excluding hydrogens is 260 g/mol. The largest absolute Gasteiger partial charge is 0.461 e. The second-order valence-electron chi connectivity index (χ2n) is 5.33. The Labute approximate surface area is 118 Å². The fourth-order valence-electron chi connectivity index (χ4n) is 2.01. The summed E-state index contributed by atoms with van der Waals surface area (Å²) in [6.07, 6.45) is 2.07. The van der Waals surface area contributed by atoms with Crippen molar-refractivity contribution in [3.8, 4) is 6.01 Å². The molecule has 0 aliphatic carbocycles. The predicted molar refractivity (Wildman–Crippen MR) is 75.5 cm³/mol. The van der Waals surface area contributed by atoms with Crippen molar-refractivity contribution >= 4 is 11.9 Å². The fourth-order valence-corrected chi connectivity index (χ4v) is 2.01. The molecule has 112 valence electrons. The number of rotatable bonds is 6. The van der Waals surface area contributed by atoms with Crippen molar-refractivity contribution in [3.05, 3.63) is 0 Å². The summed E-state index contributed by atoms with van der Waals surface area (Å²) in [5.74, 6) is 6.03. The summed E-state index contributed by atoms with van der Waals surface area (Å²) in [5, 5.41) is 3.15. The van der Waals surface area contributed by atoms with Crippen molar-refractivity contribution in [1.82, 2.24) is 15.0 Å². The summed E-state index contributed by atoms with van der Waals surface area (Å²) >= 11 is 0. The van der Waals surface area contributed by atoms with Crippen LogP contribution < -0.4 is 21.3 Å². The lowest BCUT2D eigenvalue weighted by Gasteiger charge is -2.23. The number of nitrogen functional groups attached to an aromatic ring is 1. The number of anilines is 2. The van der Waals surface area contributed by atoms with Gasteiger partial charge >= 0.3 is 6.01 Å². The summed E-state index contributed by atoms with van der Waals surface area (Å²) in [5.41, 5.74) is 2.23. The minimum absolute atomic E-state index is 0.0217. The zero-order valence-corrected chi connectivity index (χ0v) is 12.1. The molecule has 20 heavy (non-hydrogen) atoms. The molecule has 1 aliphatic rings. The summed E-state index contributed by atoms with van der Waals surface area (Å²) in [4.78, 5) is 12.4. The second-order valence-corrected chi connectivity index (χ2v) is 5.33. The van der Waals surface area contributed by atoms with Crippen LogP contribution in [0.1, 0.15) is 33.6 Å². The van der Waals surface area contributed by atoms with Crippen LogP contribution in [0.3, 0.4) is 0 Å². The quantitative estimate of drug-likeness (QED) is 0.522. The molecule has 2 rings (SSSR count). The van der Waals surface area contributed by atoms with Crippen LogP contribution in [0.25, 0.3) is 0 Å². The zero-order valence-electron chi connectivity index (χ0n) is 12.1. The molecule has 1 aromatic rings. The van der Waals surface area contributed by atoms with Gasteiger partial charge in [-0.25, -0.2) is 5.84 Å². The van der Waals surface area contributed by atoms with Gasteiger partial charge in [-0.1, -0.05) is 0 Å². The van der Waals surface area contributed by atoms with Crippen LogP contribution in [0, 0.1) is 0 Å². The van der Waals surface area contributed by atoms with Gasteiger partial charge in [-0.05, 0) is 33.6 Å². The Bertz CT molecular complexity index is 448. The van der Waals surface area contributed by atoms with Crippen LogP contribution in [-0.4, -0.2) is 39.8 Å². The number of aromatic nitrogens is 3. The van der Waals surface area contributed by atoms with Crippen molar-refractivity contribution in [2.45, 2.75) is 45.3 Å². The van der Waals surface area contributed by atoms with Crippen LogP contribution in [0.2, 0.25) is 0 Å². The third-order valence-electron chi connectivity index (χ3n) is 3.01. The maximum absolute atomic E-state index is 5.71. The average Bonchev–Trinajstić information content (AvgIpc) is 2.83. The van der Waals surface area contributed by atoms with Crippen LogP contribution in [-0.2, 0) is 4.74 Å². The molecule has 0 radical (unpaired) electrons. The van der Waals surface area contributed by atoms with Crippen molar-refractivity contribution in [2.24, 2.45) is 5.84 Å². The molecule has 8 heteroatoms. The van der Waals surface area contributed by atoms with E-state index in [1.807, 2.05) is 13.8 Å². The number of hydrazine groups is 1. The standard InChI is InChI=1S/C12H22N6O2/c1-8(2)20-11-16-9(15-10(17-11)18-13)14-7-12(3)5-4-6-19-12/h8H,4-7,13H2,1-3H3,(H2,14,15,16,17,18). The predicted octanol–water partition coefficient (Wildman–Crippen LogP) is 0.925. The highest BCUT2D eigenvalue weighted by molar-refractivity contribution is 5.35.